The van der Waals surface area contributed by atoms with Crippen LogP contribution in [0.2, 0.25) is 0 Å². The summed E-state index contributed by atoms with van der Waals surface area (Å²) in [7, 11) is -7.51. The van der Waals surface area contributed by atoms with Gasteiger partial charge in [0.25, 0.3) is 10.0 Å². The van der Waals surface area contributed by atoms with E-state index in [0.717, 1.165) is 16.1 Å². The summed E-state index contributed by atoms with van der Waals surface area (Å²) in [6.45, 7) is 3.20. The number of carbonyl (C=O) groups excluding carboxylic acids is 1. The van der Waals surface area contributed by atoms with Gasteiger partial charge in [0.15, 0.2) is 0 Å². The second kappa shape index (κ2) is 9.63. The smallest absolute Gasteiger partial charge is 0.261 e. The lowest BCUT2D eigenvalue weighted by molar-refractivity contribution is -0.114. The molecule has 0 radical (unpaired) electrons. The number of para-hydroxylation sites is 1. The molecule has 0 saturated heterocycles. The average Bonchev–Trinajstić information content (AvgIpc) is 2.72. The summed E-state index contributed by atoms with van der Waals surface area (Å²) in [6, 6.07) is 19.5. The molecule has 3 aromatic rings. The number of nitrogens with zero attached hydrogens (tertiary/aromatic N) is 1. The number of rotatable bonds is 8. The van der Waals surface area contributed by atoms with Gasteiger partial charge in [0.1, 0.15) is 6.54 Å². The number of benzene rings is 3. The maximum absolute atomic E-state index is 12.6. The van der Waals surface area contributed by atoms with Crippen LogP contribution in [0.4, 0.5) is 17.1 Å². The van der Waals surface area contributed by atoms with Crippen LogP contribution in [0.1, 0.15) is 11.1 Å². The molecule has 0 atom stereocenters. The van der Waals surface area contributed by atoms with Gasteiger partial charge < -0.3 is 5.32 Å². The van der Waals surface area contributed by atoms with Crippen molar-refractivity contribution in [1.82, 2.24) is 0 Å². The van der Waals surface area contributed by atoms with Gasteiger partial charge in [-0.3, -0.25) is 13.8 Å². The summed E-state index contributed by atoms with van der Waals surface area (Å²) in [5.41, 5.74) is 2.84. The van der Waals surface area contributed by atoms with Gasteiger partial charge in [-0.05, 0) is 67.4 Å². The largest absolute Gasteiger partial charge is 0.325 e. The predicted octanol–water partition coefficient (Wildman–Crippen LogP) is 3.51. The SMILES string of the molecule is Cc1cccc(NS(=O)(=O)c2ccc(NC(=O)CN(c3ccccc3C)S(C)(=O)=O)cc2)c1. The minimum absolute atomic E-state index is 0.0275. The summed E-state index contributed by atoms with van der Waals surface area (Å²) < 4.78 is 53.3. The van der Waals surface area contributed by atoms with Gasteiger partial charge in [0, 0.05) is 11.4 Å². The van der Waals surface area contributed by atoms with Crippen LogP contribution in [0.15, 0.2) is 77.7 Å². The standard InChI is InChI=1S/C23H25N3O5S2/c1-17-7-6-9-20(15-17)25-33(30,31)21-13-11-19(12-14-21)24-23(27)16-26(32(3,28)29)22-10-5-4-8-18(22)2/h4-15,25H,16H2,1-3H3,(H,24,27). The van der Waals surface area contributed by atoms with Crippen LogP contribution in [-0.4, -0.2) is 35.5 Å². The third-order valence-corrected chi connectivity index (χ3v) is 7.31. The van der Waals surface area contributed by atoms with Crippen LogP contribution >= 0.6 is 0 Å². The molecule has 0 unspecified atom stereocenters. The second-order valence-corrected chi connectivity index (χ2v) is 11.2. The average molecular weight is 488 g/mol. The highest BCUT2D eigenvalue weighted by molar-refractivity contribution is 7.92. The molecule has 0 aromatic heterocycles. The molecule has 0 spiro atoms. The first-order valence-corrected chi connectivity index (χ1v) is 13.3. The Kier molecular flexibility index (Phi) is 7.09. The molecule has 0 fully saturated rings. The summed E-state index contributed by atoms with van der Waals surface area (Å²) >= 11 is 0. The highest BCUT2D eigenvalue weighted by atomic mass is 32.2. The van der Waals surface area contributed by atoms with Crippen molar-refractivity contribution in [3.8, 4) is 0 Å². The van der Waals surface area contributed by atoms with Crippen molar-refractivity contribution in [2.24, 2.45) is 0 Å². The van der Waals surface area contributed by atoms with E-state index in [1.54, 1.807) is 49.4 Å². The summed E-state index contributed by atoms with van der Waals surface area (Å²) in [5.74, 6) is -0.558. The van der Waals surface area contributed by atoms with E-state index in [1.165, 1.54) is 24.3 Å². The third-order valence-electron chi connectivity index (χ3n) is 4.79. The minimum atomic E-state index is -3.80. The summed E-state index contributed by atoms with van der Waals surface area (Å²) in [6.07, 6.45) is 1.04. The molecule has 10 heteroatoms. The molecule has 1 amide bonds. The van der Waals surface area contributed by atoms with Crippen molar-refractivity contribution < 1.29 is 21.6 Å². The molecule has 0 heterocycles. The van der Waals surface area contributed by atoms with E-state index >= 15 is 0 Å². The van der Waals surface area contributed by atoms with E-state index in [-0.39, 0.29) is 4.90 Å². The van der Waals surface area contributed by atoms with Crippen LogP contribution in [0.25, 0.3) is 0 Å². The van der Waals surface area contributed by atoms with E-state index in [0.29, 0.717) is 22.6 Å². The zero-order chi connectivity index (χ0) is 24.2. The Hall–Kier alpha value is -3.37. The zero-order valence-corrected chi connectivity index (χ0v) is 20.1. The number of aryl methyl sites for hydroxylation is 2. The van der Waals surface area contributed by atoms with Gasteiger partial charge >= 0.3 is 0 Å². The van der Waals surface area contributed by atoms with Crippen LogP contribution < -0.4 is 14.3 Å². The number of hydrogen-bond acceptors (Lipinski definition) is 5. The maximum Gasteiger partial charge on any atom is 0.261 e. The number of sulfonamides is 2. The van der Waals surface area contributed by atoms with Crippen LogP contribution in [-0.2, 0) is 24.8 Å². The first-order chi connectivity index (χ1) is 15.5. The van der Waals surface area contributed by atoms with Crippen molar-refractivity contribution in [2.45, 2.75) is 18.7 Å². The lowest BCUT2D eigenvalue weighted by atomic mass is 10.2. The Balaban J connectivity index is 1.72. The van der Waals surface area contributed by atoms with Crippen LogP contribution in [0.5, 0.6) is 0 Å². The van der Waals surface area contributed by atoms with Crippen molar-refractivity contribution in [3.63, 3.8) is 0 Å². The zero-order valence-electron chi connectivity index (χ0n) is 18.4. The third kappa shape index (κ3) is 6.33. The van der Waals surface area contributed by atoms with Crippen molar-refractivity contribution in [1.29, 1.82) is 0 Å². The molecule has 8 nitrogen and oxygen atoms in total. The molecule has 174 valence electrons. The lowest BCUT2D eigenvalue weighted by Gasteiger charge is -2.23. The van der Waals surface area contributed by atoms with E-state index in [9.17, 15) is 21.6 Å². The molecule has 0 aliphatic carbocycles. The van der Waals surface area contributed by atoms with Gasteiger partial charge in [0.05, 0.1) is 16.8 Å². The van der Waals surface area contributed by atoms with E-state index in [4.69, 9.17) is 0 Å². The fourth-order valence-electron chi connectivity index (χ4n) is 3.20. The minimum Gasteiger partial charge on any atom is -0.325 e. The van der Waals surface area contributed by atoms with Gasteiger partial charge in [-0.15, -0.1) is 0 Å². The quantitative estimate of drug-likeness (QED) is 0.505. The predicted molar refractivity (Wildman–Crippen MR) is 130 cm³/mol. The van der Waals surface area contributed by atoms with Gasteiger partial charge in [-0.25, -0.2) is 16.8 Å². The van der Waals surface area contributed by atoms with Gasteiger partial charge in [-0.1, -0.05) is 30.3 Å². The van der Waals surface area contributed by atoms with Gasteiger partial charge in [0.2, 0.25) is 15.9 Å². The monoisotopic (exact) mass is 487 g/mol. The summed E-state index contributed by atoms with van der Waals surface area (Å²) in [5, 5.41) is 2.61. The number of carbonyl (C=O) groups is 1. The van der Waals surface area contributed by atoms with E-state index in [2.05, 4.69) is 10.0 Å². The molecule has 3 aromatic carbocycles. The summed E-state index contributed by atoms with van der Waals surface area (Å²) in [4.78, 5) is 12.6. The fourth-order valence-corrected chi connectivity index (χ4v) is 5.16. The van der Waals surface area contributed by atoms with Crippen molar-refractivity contribution in [2.75, 3.05) is 27.1 Å². The molecule has 3 rings (SSSR count). The lowest BCUT2D eigenvalue weighted by Crippen LogP contribution is -2.37. The molecule has 0 bridgehead atoms. The fraction of sp³-hybridized carbons (Fsp3) is 0.174. The molecular formula is C23H25N3O5S2. The number of anilines is 3. The first-order valence-electron chi connectivity index (χ1n) is 9.98. The number of nitrogens with one attached hydrogen (secondary N) is 2. The highest BCUT2D eigenvalue weighted by Gasteiger charge is 2.22. The number of amides is 1. The molecular weight excluding hydrogens is 462 g/mol. The highest BCUT2D eigenvalue weighted by Crippen LogP contribution is 2.23. The topological polar surface area (TPSA) is 113 Å². The molecule has 0 aliphatic heterocycles. The number of hydrogen-bond donors (Lipinski definition) is 2. The Bertz CT molecular complexity index is 1370. The van der Waals surface area contributed by atoms with Crippen LogP contribution in [0.3, 0.4) is 0 Å². The molecule has 33 heavy (non-hydrogen) atoms. The Morgan fingerprint density at radius 1 is 0.848 bits per heavy atom. The molecule has 0 saturated carbocycles. The first kappa shape index (κ1) is 24.3. The Labute approximate surface area is 194 Å². The molecule has 2 N–H and O–H groups in total. The normalized spacial score (nSPS) is 11.6. The van der Waals surface area contributed by atoms with Crippen molar-refractivity contribution >= 4 is 43.0 Å². The van der Waals surface area contributed by atoms with E-state index in [1.807, 2.05) is 13.0 Å². The van der Waals surface area contributed by atoms with E-state index < -0.39 is 32.5 Å². The maximum atomic E-state index is 12.6. The molecule has 0 aliphatic rings. The second-order valence-electron chi connectivity index (χ2n) is 7.60. The van der Waals surface area contributed by atoms with Gasteiger partial charge in [-0.2, -0.15) is 0 Å². The Morgan fingerprint density at radius 3 is 2.12 bits per heavy atom. The van der Waals surface area contributed by atoms with Crippen LogP contribution in [0, 0.1) is 13.8 Å². The Morgan fingerprint density at radius 2 is 1.52 bits per heavy atom. The van der Waals surface area contributed by atoms with Crippen molar-refractivity contribution in [3.05, 3.63) is 83.9 Å².